The summed E-state index contributed by atoms with van der Waals surface area (Å²) in [7, 11) is 0. The van der Waals surface area contributed by atoms with Crippen molar-refractivity contribution in [3.63, 3.8) is 0 Å². The van der Waals surface area contributed by atoms with Crippen LogP contribution in [0.3, 0.4) is 0 Å². The van der Waals surface area contributed by atoms with Crippen LogP contribution in [0.2, 0.25) is 0 Å². The van der Waals surface area contributed by atoms with Crippen LogP contribution < -0.4 is 4.74 Å². The van der Waals surface area contributed by atoms with Gasteiger partial charge in [-0.3, -0.25) is 4.79 Å². The lowest BCUT2D eigenvalue weighted by atomic mass is 10.2. The number of aldehydes is 1. The molecule has 0 heterocycles. The third-order valence-corrected chi connectivity index (χ3v) is 3.40. The van der Waals surface area contributed by atoms with Crippen molar-refractivity contribution < 1.29 is 9.53 Å². The monoisotopic (exact) mass is 338 g/mol. The highest BCUT2D eigenvalue weighted by Crippen LogP contribution is 2.17. The number of carbonyl (C=O) groups excluding carboxylic acids is 1. The van der Waals surface area contributed by atoms with Gasteiger partial charge in [-0.15, -0.1) is 0 Å². The second kappa shape index (κ2) is 5.82. The molecule has 0 bridgehead atoms. The lowest BCUT2D eigenvalue weighted by Crippen LogP contribution is -1.97. The predicted molar refractivity (Wildman–Crippen MR) is 75.3 cm³/mol. The first-order chi connectivity index (χ1) is 8.29. The Balaban J connectivity index is 2.07. The zero-order chi connectivity index (χ0) is 12.1. The number of halogens is 1. The van der Waals surface area contributed by atoms with E-state index in [1.807, 2.05) is 36.4 Å². The van der Waals surface area contributed by atoms with Gasteiger partial charge in [0, 0.05) is 14.7 Å². The summed E-state index contributed by atoms with van der Waals surface area (Å²) in [5.74, 6) is 0.717. The largest absolute Gasteiger partial charge is 0.489 e. The van der Waals surface area contributed by atoms with Gasteiger partial charge < -0.3 is 4.74 Å². The minimum atomic E-state index is 0.515. The predicted octanol–water partition coefficient (Wildman–Crippen LogP) is 3.68. The van der Waals surface area contributed by atoms with E-state index in [0.717, 1.165) is 11.8 Å². The van der Waals surface area contributed by atoms with Crippen molar-refractivity contribution in [2.45, 2.75) is 6.61 Å². The Hall–Kier alpha value is -1.36. The van der Waals surface area contributed by atoms with E-state index in [-0.39, 0.29) is 0 Å². The molecule has 0 saturated carbocycles. The Labute approximate surface area is 114 Å². The minimum absolute atomic E-state index is 0.515. The Morgan fingerprint density at radius 2 is 1.94 bits per heavy atom. The average Bonchev–Trinajstić information content (AvgIpc) is 2.38. The first-order valence-corrected chi connectivity index (χ1v) is 6.29. The Morgan fingerprint density at radius 1 is 1.12 bits per heavy atom. The Bertz CT molecular complexity index is 523. The molecule has 0 atom stereocenters. The molecule has 0 aliphatic heterocycles. The van der Waals surface area contributed by atoms with E-state index in [1.165, 1.54) is 3.57 Å². The van der Waals surface area contributed by atoms with Gasteiger partial charge in [-0.1, -0.05) is 30.3 Å². The maximum atomic E-state index is 10.6. The Morgan fingerprint density at radius 3 is 2.71 bits per heavy atom. The molecule has 0 aliphatic rings. The highest BCUT2D eigenvalue weighted by molar-refractivity contribution is 14.1. The van der Waals surface area contributed by atoms with Crippen LogP contribution in [0.4, 0.5) is 0 Å². The topological polar surface area (TPSA) is 26.3 Å². The molecule has 0 fully saturated rings. The van der Waals surface area contributed by atoms with Crippen molar-refractivity contribution in [3.8, 4) is 5.75 Å². The van der Waals surface area contributed by atoms with Crippen LogP contribution in [0, 0.1) is 3.57 Å². The van der Waals surface area contributed by atoms with Crippen LogP contribution >= 0.6 is 22.6 Å². The summed E-state index contributed by atoms with van der Waals surface area (Å²) in [5, 5.41) is 0. The summed E-state index contributed by atoms with van der Waals surface area (Å²) in [5.41, 5.74) is 1.77. The summed E-state index contributed by atoms with van der Waals surface area (Å²) in [6, 6.07) is 15.2. The van der Waals surface area contributed by atoms with Gasteiger partial charge in [-0.25, -0.2) is 0 Å². The van der Waals surface area contributed by atoms with E-state index in [1.54, 1.807) is 12.1 Å². The second-order valence-electron chi connectivity index (χ2n) is 3.57. The number of hydrogen-bond donors (Lipinski definition) is 0. The minimum Gasteiger partial charge on any atom is -0.489 e. The fraction of sp³-hybridized carbons (Fsp3) is 0.0714. The standard InChI is InChI=1S/C14H11IO2/c15-14-7-2-1-5-12(14)10-17-13-6-3-4-11(8-13)9-16/h1-9H,10H2. The maximum absolute atomic E-state index is 10.6. The van der Waals surface area contributed by atoms with Crippen molar-refractivity contribution in [3.05, 3.63) is 63.2 Å². The quantitative estimate of drug-likeness (QED) is 0.628. The maximum Gasteiger partial charge on any atom is 0.150 e. The lowest BCUT2D eigenvalue weighted by molar-refractivity contribution is 0.112. The van der Waals surface area contributed by atoms with E-state index >= 15 is 0 Å². The Kier molecular flexibility index (Phi) is 4.14. The molecule has 0 N–H and O–H groups in total. The highest BCUT2D eigenvalue weighted by Gasteiger charge is 2.00. The van der Waals surface area contributed by atoms with Crippen molar-refractivity contribution in [1.82, 2.24) is 0 Å². The molecule has 2 aromatic carbocycles. The first-order valence-electron chi connectivity index (χ1n) is 5.21. The van der Waals surface area contributed by atoms with E-state index in [2.05, 4.69) is 22.6 Å². The van der Waals surface area contributed by atoms with Crippen molar-refractivity contribution in [2.75, 3.05) is 0 Å². The molecule has 3 heteroatoms. The van der Waals surface area contributed by atoms with Gasteiger partial charge in [0.1, 0.15) is 18.6 Å². The van der Waals surface area contributed by atoms with Gasteiger partial charge >= 0.3 is 0 Å². The summed E-state index contributed by atoms with van der Waals surface area (Å²) in [6.07, 6.45) is 0.819. The van der Waals surface area contributed by atoms with Crippen molar-refractivity contribution >= 4 is 28.9 Å². The highest BCUT2D eigenvalue weighted by atomic mass is 127. The van der Waals surface area contributed by atoms with Crippen LogP contribution in [0.25, 0.3) is 0 Å². The molecule has 0 aromatic heterocycles. The molecule has 86 valence electrons. The molecule has 2 aromatic rings. The van der Waals surface area contributed by atoms with Gasteiger partial charge in [-0.2, -0.15) is 0 Å². The molecular weight excluding hydrogens is 327 g/mol. The van der Waals surface area contributed by atoms with E-state index < -0.39 is 0 Å². The fourth-order valence-corrected chi connectivity index (χ4v) is 2.00. The number of hydrogen-bond acceptors (Lipinski definition) is 2. The summed E-state index contributed by atoms with van der Waals surface area (Å²) in [6.45, 7) is 0.515. The number of ether oxygens (including phenoxy) is 1. The van der Waals surface area contributed by atoms with E-state index in [9.17, 15) is 4.79 Å². The van der Waals surface area contributed by atoms with Crippen LogP contribution in [-0.4, -0.2) is 6.29 Å². The van der Waals surface area contributed by atoms with E-state index in [0.29, 0.717) is 17.9 Å². The molecule has 2 nitrogen and oxygen atoms in total. The normalized spacial score (nSPS) is 9.94. The van der Waals surface area contributed by atoms with Crippen LogP contribution in [0.1, 0.15) is 15.9 Å². The SMILES string of the molecule is O=Cc1cccc(OCc2ccccc2I)c1. The van der Waals surface area contributed by atoms with Crippen LogP contribution in [0.5, 0.6) is 5.75 Å². The number of carbonyl (C=O) groups is 1. The lowest BCUT2D eigenvalue weighted by Gasteiger charge is -2.08. The van der Waals surface area contributed by atoms with Crippen LogP contribution in [-0.2, 0) is 6.61 Å². The third kappa shape index (κ3) is 3.30. The number of benzene rings is 2. The smallest absolute Gasteiger partial charge is 0.150 e. The zero-order valence-electron chi connectivity index (χ0n) is 9.10. The molecule has 0 radical (unpaired) electrons. The van der Waals surface area contributed by atoms with Gasteiger partial charge in [0.05, 0.1) is 0 Å². The van der Waals surface area contributed by atoms with Gasteiger partial charge in [0.15, 0.2) is 0 Å². The zero-order valence-corrected chi connectivity index (χ0v) is 11.3. The molecular formula is C14H11IO2. The molecule has 0 amide bonds. The van der Waals surface area contributed by atoms with E-state index in [4.69, 9.17) is 4.74 Å². The van der Waals surface area contributed by atoms with Gasteiger partial charge in [0.25, 0.3) is 0 Å². The van der Waals surface area contributed by atoms with Crippen molar-refractivity contribution in [1.29, 1.82) is 0 Å². The van der Waals surface area contributed by atoms with Crippen molar-refractivity contribution in [2.24, 2.45) is 0 Å². The summed E-state index contributed by atoms with van der Waals surface area (Å²) in [4.78, 5) is 10.6. The average molecular weight is 338 g/mol. The molecule has 0 saturated heterocycles. The molecule has 0 spiro atoms. The number of rotatable bonds is 4. The fourth-order valence-electron chi connectivity index (χ4n) is 1.45. The van der Waals surface area contributed by atoms with Gasteiger partial charge in [-0.05, 0) is 40.8 Å². The third-order valence-electron chi connectivity index (χ3n) is 2.35. The molecule has 0 aliphatic carbocycles. The summed E-state index contributed by atoms with van der Waals surface area (Å²) < 4.78 is 6.83. The molecule has 0 unspecified atom stereocenters. The molecule has 17 heavy (non-hydrogen) atoms. The second-order valence-corrected chi connectivity index (χ2v) is 4.73. The van der Waals surface area contributed by atoms with Gasteiger partial charge in [0.2, 0.25) is 0 Å². The molecule has 2 rings (SSSR count). The first kappa shape index (κ1) is 12.1. The van der Waals surface area contributed by atoms with Crippen LogP contribution in [0.15, 0.2) is 48.5 Å². The summed E-state index contributed by atoms with van der Waals surface area (Å²) >= 11 is 2.28.